The van der Waals surface area contributed by atoms with Gasteiger partial charge in [-0.25, -0.2) is 8.42 Å². The molecule has 1 saturated heterocycles. The summed E-state index contributed by atoms with van der Waals surface area (Å²) in [5.41, 5.74) is 0.779. The molecule has 2 heterocycles. The number of aryl methyl sites for hydroxylation is 1. The van der Waals surface area contributed by atoms with Gasteiger partial charge in [0.05, 0.1) is 17.1 Å². The van der Waals surface area contributed by atoms with Gasteiger partial charge in [-0.05, 0) is 25.5 Å². The van der Waals surface area contributed by atoms with Gasteiger partial charge in [-0.15, -0.1) is 0 Å². The molecule has 1 aliphatic heterocycles. The van der Waals surface area contributed by atoms with Crippen molar-refractivity contribution < 1.29 is 23.1 Å². The van der Waals surface area contributed by atoms with Gasteiger partial charge in [-0.1, -0.05) is 0 Å². The summed E-state index contributed by atoms with van der Waals surface area (Å²) in [4.78, 5) is 28.6. The molecule has 1 fully saturated rings. The lowest BCUT2D eigenvalue weighted by atomic mass is 10.1. The molecule has 1 amide bonds. The summed E-state index contributed by atoms with van der Waals surface area (Å²) in [6.45, 7) is 1.13. The van der Waals surface area contributed by atoms with Crippen molar-refractivity contribution in [3.8, 4) is 0 Å². The molecule has 0 saturated carbocycles. The second-order valence-electron chi connectivity index (χ2n) is 5.02. The molecule has 2 rings (SSSR count). The highest BCUT2D eigenvalue weighted by Gasteiger charge is 2.36. The van der Waals surface area contributed by atoms with Crippen LogP contribution in [0.4, 0.5) is 0 Å². The van der Waals surface area contributed by atoms with Gasteiger partial charge in [0.2, 0.25) is 0 Å². The Morgan fingerprint density at radius 2 is 2.19 bits per heavy atom. The van der Waals surface area contributed by atoms with Crippen LogP contribution in [-0.2, 0) is 14.6 Å². The quantitative estimate of drug-likeness (QED) is 0.845. The molecule has 1 aliphatic rings. The van der Waals surface area contributed by atoms with Crippen LogP contribution in [0.3, 0.4) is 0 Å². The maximum Gasteiger partial charge on any atom is 0.323 e. The van der Waals surface area contributed by atoms with Crippen LogP contribution in [-0.4, -0.2) is 59.4 Å². The van der Waals surface area contributed by atoms with E-state index < -0.39 is 34.3 Å². The van der Waals surface area contributed by atoms with E-state index >= 15 is 0 Å². The summed E-state index contributed by atoms with van der Waals surface area (Å²) < 4.78 is 23.1. The molecule has 0 bridgehead atoms. The molecule has 0 spiro atoms. The van der Waals surface area contributed by atoms with Crippen LogP contribution < -0.4 is 0 Å². The third-order valence-electron chi connectivity index (χ3n) is 3.45. The van der Waals surface area contributed by atoms with Gasteiger partial charge in [-0.2, -0.15) is 0 Å². The fourth-order valence-electron chi connectivity index (χ4n) is 2.40. The lowest BCUT2D eigenvalue weighted by molar-refractivity contribution is -0.138. The first-order valence-electron chi connectivity index (χ1n) is 6.45. The monoisotopic (exact) mass is 312 g/mol. The molecular formula is C13H16N2O5S. The molecule has 1 N–H and O–H groups in total. The van der Waals surface area contributed by atoms with E-state index in [9.17, 15) is 18.0 Å². The number of sulfone groups is 1. The fourth-order valence-corrected chi connectivity index (χ4v) is 4.13. The van der Waals surface area contributed by atoms with Gasteiger partial charge < -0.3 is 10.0 Å². The molecule has 114 valence electrons. The summed E-state index contributed by atoms with van der Waals surface area (Å²) >= 11 is 0. The molecule has 1 aromatic heterocycles. The molecule has 0 radical (unpaired) electrons. The van der Waals surface area contributed by atoms with Gasteiger partial charge in [0.25, 0.3) is 5.91 Å². The van der Waals surface area contributed by atoms with Crippen molar-refractivity contribution in [2.75, 3.05) is 18.1 Å². The Morgan fingerprint density at radius 1 is 1.48 bits per heavy atom. The highest BCUT2D eigenvalue weighted by molar-refractivity contribution is 7.91. The summed E-state index contributed by atoms with van der Waals surface area (Å²) in [6, 6.07) is 2.55. The highest BCUT2D eigenvalue weighted by Crippen LogP contribution is 2.20. The van der Waals surface area contributed by atoms with Crippen LogP contribution in [0.2, 0.25) is 0 Å². The first-order chi connectivity index (χ1) is 9.80. The van der Waals surface area contributed by atoms with E-state index in [1.54, 1.807) is 19.1 Å². The first kappa shape index (κ1) is 15.4. The Hall–Kier alpha value is -1.96. The zero-order valence-corrected chi connectivity index (χ0v) is 12.3. The molecule has 21 heavy (non-hydrogen) atoms. The number of rotatable bonds is 4. The van der Waals surface area contributed by atoms with E-state index in [-0.39, 0.29) is 17.9 Å². The maximum absolute atomic E-state index is 12.5. The number of aromatic nitrogens is 1. The Bertz CT molecular complexity index is 671. The number of carboxylic acid groups (broad SMARTS) is 1. The Morgan fingerprint density at radius 3 is 2.71 bits per heavy atom. The van der Waals surface area contributed by atoms with E-state index in [2.05, 4.69) is 4.98 Å². The van der Waals surface area contributed by atoms with Gasteiger partial charge >= 0.3 is 5.97 Å². The summed E-state index contributed by atoms with van der Waals surface area (Å²) in [7, 11) is -3.20. The Kier molecular flexibility index (Phi) is 4.26. The third-order valence-corrected chi connectivity index (χ3v) is 5.20. The van der Waals surface area contributed by atoms with Crippen LogP contribution in [0.25, 0.3) is 0 Å². The van der Waals surface area contributed by atoms with Crippen LogP contribution in [0.5, 0.6) is 0 Å². The van der Waals surface area contributed by atoms with E-state index in [4.69, 9.17) is 5.11 Å². The summed E-state index contributed by atoms with van der Waals surface area (Å²) in [5.74, 6) is -1.88. The molecule has 8 heteroatoms. The number of pyridine rings is 1. The van der Waals surface area contributed by atoms with E-state index in [0.29, 0.717) is 11.3 Å². The lowest BCUT2D eigenvalue weighted by Gasteiger charge is -2.27. The van der Waals surface area contributed by atoms with Crippen molar-refractivity contribution in [1.29, 1.82) is 0 Å². The average Bonchev–Trinajstić information content (AvgIpc) is 2.76. The minimum Gasteiger partial charge on any atom is -0.480 e. The summed E-state index contributed by atoms with van der Waals surface area (Å²) in [5, 5.41) is 8.98. The maximum atomic E-state index is 12.5. The second kappa shape index (κ2) is 5.80. The van der Waals surface area contributed by atoms with Crippen molar-refractivity contribution in [1.82, 2.24) is 9.88 Å². The Balaban J connectivity index is 2.30. The number of carboxylic acids is 1. The van der Waals surface area contributed by atoms with Crippen molar-refractivity contribution in [3.63, 3.8) is 0 Å². The van der Waals surface area contributed by atoms with Gasteiger partial charge in [-0.3, -0.25) is 14.6 Å². The van der Waals surface area contributed by atoms with E-state index in [0.717, 1.165) is 4.90 Å². The minimum atomic E-state index is -3.20. The second-order valence-corrected chi connectivity index (χ2v) is 7.25. The number of nitrogens with zero attached hydrogens (tertiary/aromatic N) is 2. The Labute approximate surface area is 122 Å². The van der Waals surface area contributed by atoms with Gasteiger partial charge in [0, 0.05) is 17.9 Å². The first-order valence-corrected chi connectivity index (χ1v) is 8.27. The van der Waals surface area contributed by atoms with E-state index in [1.165, 1.54) is 6.20 Å². The zero-order valence-electron chi connectivity index (χ0n) is 11.5. The number of hydrogen-bond acceptors (Lipinski definition) is 5. The number of aliphatic carboxylic acids is 1. The molecule has 1 unspecified atom stereocenters. The van der Waals surface area contributed by atoms with Crippen molar-refractivity contribution in [3.05, 3.63) is 29.6 Å². The van der Waals surface area contributed by atoms with Crippen LogP contribution >= 0.6 is 0 Å². The van der Waals surface area contributed by atoms with Crippen LogP contribution in [0, 0.1) is 6.92 Å². The topological polar surface area (TPSA) is 105 Å². The number of carbonyl (C=O) groups excluding carboxylic acids is 1. The van der Waals surface area contributed by atoms with Gasteiger partial charge in [0.15, 0.2) is 9.84 Å². The lowest BCUT2D eigenvalue weighted by Crippen LogP contribution is -2.44. The van der Waals surface area contributed by atoms with Crippen molar-refractivity contribution in [2.45, 2.75) is 19.4 Å². The highest BCUT2D eigenvalue weighted by atomic mass is 32.2. The zero-order chi connectivity index (χ0) is 15.6. The predicted octanol–water partition coefficient (Wildman–Crippen LogP) is 0.104. The smallest absolute Gasteiger partial charge is 0.323 e. The SMILES string of the molecule is Cc1ncccc1C(=O)N(CC(=O)O)C1CCS(=O)(=O)C1. The van der Waals surface area contributed by atoms with Crippen LogP contribution in [0.15, 0.2) is 18.3 Å². The normalized spacial score (nSPS) is 20.1. The molecule has 1 aromatic rings. The number of hydrogen-bond donors (Lipinski definition) is 1. The van der Waals surface area contributed by atoms with E-state index in [1.807, 2.05) is 0 Å². The van der Waals surface area contributed by atoms with Crippen LogP contribution in [0.1, 0.15) is 22.5 Å². The fraction of sp³-hybridized carbons (Fsp3) is 0.462. The standard InChI is InChI=1S/C13H16N2O5S/c1-9-11(3-2-5-14-9)13(18)15(7-12(16)17)10-4-6-21(19,20)8-10/h2-3,5,10H,4,6-8H2,1H3,(H,16,17). The molecule has 0 aliphatic carbocycles. The number of carbonyl (C=O) groups is 2. The van der Waals surface area contributed by atoms with Crippen molar-refractivity contribution in [2.24, 2.45) is 0 Å². The predicted molar refractivity (Wildman–Crippen MR) is 74.7 cm³/mol. The summed E-state index contributed by atoms with van der Waals surface area (Å²) in [6.07, 6.45) is 1.80. The largest absolute Gasteiger partial charge is 0.480 e. The number of amides is 1. The molecule has 0 aromatic carbocycles. The van der Waals surface area contributed by atoms with Crippen molar-refractivity contribution >= 4 is 21.7 Å². The third kappa shape index (κ3) is 3.57. The molecule has 7 nitrogen and oxygen atoms in total. The molecule has 1 atom stereocenters. The average molecular weight is 312 g/mol. The molecular weight excluding hydrogens is 296 g/mol. The minimum absolute atomic E-state index is 0.0207. The van der Waals surface area contributed by atoms with Gasteiger partial charge in [0.1, 0.15) is 6.54 Å².